The van der Waals surface area contributed by atoms with Crippen LogP contribution in [0.3, 0.4) is 0 Å². The van der Waals surface area contributed by atoms with Gasteiger partial charge < -0.3 is 4.90 Å². The minimum absolute atomic E-state index is 0.183. The largest absolute Gasteiger partial charge is 0.342 e. The van der Waals surface area contributed by atoms with Crippen molar-refractivity contribution in [1.82, 2.24) is 4.90 Å². The molecule has 0 aliphatic carbocycles. The summed E-state index contributed by atoms with van der Waals surface area (Å²) in [6.45, 7) is 7.48. The van der Waals surface area contributed by atoms with Gasteiger partial charge in [0, 0.05) is 18.0 Å². The zero-order valence-corrected chi connectivity index (χ0v) is 14.7. The third-order valence-electron chi connectivity index (χ3n) is 3.98. The molecule has 2 heterocycles. The predicted octanol–water partition coefficient (Wildman–Crippen LogP) is 4.89. The van der Waals surface area contributed by atoms with Crippen LogP contribution in [0.2, 0.25) is 0 Å². The van der Waals surface area contributed by atoms with E-state index >= 15 is 0 Å². The molecule has 22 heavy (non-hydrogen) atoms. The van der Waals surface area contributed by atoms with E-state index in [0.717, 1.165) is 36.4 Å². The normalized spacial score (nSPS) is 26.9. The van der Waals surface area contributed by atoms with Gasteiger partial charge in [-0.3, -0.25) is 4.79 Å². The van der Waals surface area contributed by atoms with E-state index in [1.165, 1.54) is 12.8 Å². The molecule has 4 heteroatoms. The predicted molar refractivity (Wildman–Crippen MR) is 96.9 cm³/mol. The van der Waals surface area contributed by atoms with Crippen molar-refractivity contribution >= 4 is 29.3 Å². The van der Waals surface area contributed by atoms with Gasteiger partial charge >= 0.3 is 0 Å². The third kappa shape index (κ3) is 4.30. The van der Waals surface area contributed by atoms with Crippen molar-refractivity contribution in [3.63, 3.8) is 0 Å². The zero-order valence-electron chi connectivity index (χ0n) is 13.1. The van der Waals surface area contributed by atoms with Gasteiger partial charge in [-0.1, -0.05) is 49.8 Å². The quantitative estimate of drug-likeness (QED) is 0.537. The number of rotatable bonds is 4. The molecule has 2 nitrogen and oxygen atoms in total. The van der Waals surface area contributed by atoms with Crippen molar-refractivity contribution in [3.8, 4) is 0 Å². The van der Waals surface area contributed by atoms with Crippen LogP contribution in [0.4, 0.5) is 0 Å². The Morgan fingerprint density at radius 1 is 1.36 bits per heavy atom. The van der Waals surface area contributed by atoms with Crippen molar-refractivity contribution in [2.75, 3.05) is 13.1 Å². The number of nitrogens with zero attached hydrogens (tertiary/aromatic N) is 1. The van der Waals surface area contributed by atoms with Crippen molar-refractivity contribution in [1.29, 1.82) is 0 Å². The first-order chi connectivity index (χ1) is 10.7. The summed E-state index contributed by atoms with van der Waals surface area (Å²) >= 11 is 8.03. The zero-order chi connectivity index (χ0) is 15.9. The number of carbonyl (C=O) groups excluding carboxylic acids is 1. The lowest BCUT2D eigenvalue weighted by atomic mass is 10.1. The van der Waals surface area contributed by atoms with Crippen LogP contribution in [0.25, 0.3) is 0 Å². The number of allylic oxidation sites excluding steroid dienone is 5. The van der Waals surface area contributed by atoms with E-state index in [1.54, 1.807) is 17.8 Å². The number of hydrogen-bond donors (Lipinski definition) is 0. The molecule has 1 fully saturated rings. The fourth-order valence-corrected chi connectivity index (χ4v) is 4.40. The van der Waals surface area contributed by atoms with Crippen LogP contribution in [0.5, 0.6) is 0 Å². The van der Waals surface area contributed by atoms with Crippen molar-refractivity contribution in [3.05, 3.63) is 47.4 Å². The van der Waals surface area contributed by atoms with E-state index in [9.17, 15) is 4.79 Å². The lowest BCUT2D eigenvalue weighted by Gasteiger charge is -2.24. The van der Waals surface area contributed by atoms with Crippen molar-refractivity contribution < 1.29 is 4.79 Å². The first-order valence-electron chi connectivity index (χ1n) is 7.94. The second kappa shape index (κ2) is 8.64. The molecule has 0 aromatic carbocycles. The van der Waals surface area contributed by atoms with Crippen LogP contribution in [0, 0.1) is 5.92 Å². The number of likely N-dealkylation sites (tertiary alicyclic amines) is 1. The summed E-state index contributed by atoms with van der Waals surface area (Å²) in [7, 11) is 0. The Morgan fingerprint density at radius 2 is 2.05 bits per heavy atom. The Labute approximate surface area is 143 Å². The minimum Gasteiger partial charge on any atom is -0.342 e. The molecule has 0 spiro atoms. The molecule has 0 bridgehead atoms. The highest BCUT2D eigenvalue weighted by Crippen LogP contribution is 2.43. The van der Waals surface area contributed by atoms with Crippen LogP contribution in [-0.4, -0.2) is 28.6 Å². The van der Waals surface area contributed by atoms with Gasteiger partial charge in [-0.2, -0.15) is 0 Å². The highest BCUT2D eigenvalue weighted by Gasteiger charge is 2.35. The van der Waals surface area contributed by atoms with Crippen molar-refractivity contribution in [2.24, 2.45) is 5.92 Å². The minimum atomic E-state index is -0.224. The average molecular weight is 338 g/mol. The second-order valence-electron chi connectivity index (χ2n) is 5.62. The summed E-state index contributed by atoms with van der Waals surface area (Å²) in [5.74, 6) is -0.0407. The Kier molecular flexibility index (Phi) is 6.84. The molecule has 1 saturated heterocycles. The smallest absolute Gasteiger partial charge is 0.231 e. The fourth-order valence-electron chi connectivity index (χ4n) is 2.85. The Balaban J connectivity index is 2.14. The molecular weight excluding hydrogens is 314 g/mol. The molecule has 2 atom stereocenters. The monoisotopic (exact) mass is 337 g/mol. The summed E-state index contributed by atoms with van der Waals surface area (Å²) in [6.07, 6.45) is 14.4. The van der Waals surface area contributed by atoms with E-state index in [2.05, 4.69) is 6.58 Å². The standard InChI is InChI=1S/C18H24ClNOS/c1-3-9-14(10-4-2)16-13-15(17(19)22-16)18(21)20-11-7-5-6-8-12-20/h3-4,9-10,13,15,17H,1,5-8,11-12H2,2H3/b10-4-,14-9+. The molecule has 0 saturated carbocycles. The van der Waals surface area contributed by atoms with E-state index in [1.807, 2.05) is 36.1 Å². The van der Waals surface area contributed by atoms with Crippen LogP contribution in [0.1, 0.15) is 32.6 Å². The summed E-state index contributed by atoms with van der Waals surface area (Å²) in [5.41, 5.74) is 1.07. The molecule has 2 aliphatic heterocycles. The first kappa shape index (κ1) is 17.4. The van der Waals surface area contributed by atoms with Gasteiger partial charge in [-0.05, 0) is 25.3 Å². The number of carbonyl (C=O) groups is 1. The van der Waals surface area contributed by atoms with Crippen LogP contribution < -0.4 is 0 Å². The number of amides is 1. The van der Waals surface area contributed by atoms with Crippen LogP contribution in [0.15, 0.2) is 47.4 Å². The van der Waals surface area contributed by atoms with Gasteiger partial charge in [0.1, 0.15) is 0 Å². The van der Waals surface area contributed by atoms with E-state index in [4.69, 9.17) is 11.6 Å². The maximum Gasteiger partial charge on any atom is 0.231 e. The van der Waals surface area contributed by atoms with Crippen LogP contribution >= 0.6 is 23.4 Å². The molecule has 0 radical (unpaired) electrons. The molecule has 0 aromatic heterocycles. The summed E-state index contributed by atoms with van der Waals surface area (Å²) in [5, 5.41) is 0. The molecule has 120 valence electrons. The molecule has 0 aromatic rings. The van der Waals surface area contributed by atoms with Crippen LogP contribution in [-0.2, 0) is 4.79 Å². The maximum atomic E-state index is 12.8. The second-order valence-corrected chi connectivity index (χ2v) is 7.54. The Bertz CT molecular complexity index is 501. The summed E-state index contributed by atoms with van der Waals surface area (Å²) < 4.78 is -0.218. The summed E-state index contributed by atoms with van der Waals surface area (Å²) in [6, 6.07) is 0. The lowest BCUT2D eigenvalue weighted by Crippen LogP contribution is -2.37. The molecule has 0 N–H and O–H groups in total. The Morgan fingerprint density at radius 3 is 2.64 bits per heavy atom. The van der Waals surface area contributed by atoms with Gasteiger partial charge in [-0.25, -0.2) is 0 Å². The molecule has 2 rings (SSSR count). The average Bonchev–Trinajstić information content (AvgIpc) is 2.73. The van der Waals surface area contributed by atoms with E-state index < -0.39 is 0 Å². The van der Waals surface area contributed by atoms with E-state index in [0.29, 0.717) is 0 Å². The third-order valence-corrected chi connectivity index (χ3v) is 5.67. The number of alkyl halides is 1. The van der Waals surface area contributed by atoms with Gasteiger partial charge in [0.05, 0.1) is 10.6 Å². The van der Waals surface area contributed by atoms with Crippen molar-refractivity contribution in [2.45, 2.75) is 37.3 Å². The Hall–Kier alpha value is -0.930. The van der Waals surface area contributed by atoms with Gasteiger partial charge in [-0.15, -0.1) is 23.4 Å². The molecule has 2 aliphatic rings. The topological polar surface area (TPSA) is 20.3 Å². The van der Waals surface area contributed by atoms with E-state index in [-0.39, 0.29) is 16.5 Å². The number of thioether (sulfide) groups is 1. The first-order valence-corrected chi connectivity index (χ1v) is 9.26. The maximum absolute atomic E-state index is 12.8. The summed E-state index contributed by atoms with van der Waals surface area (Å²) in [4.78, 5) is 15.8. The number of halogens is 1. The fraction of sp³-hybridized carbons (Fsp3) is 0.500. The lowest BCUT2D eigenvalue weighted by molar-refractivity contribution is -0.133. The van der Waals surface area contributed by atoms with Gasteiger partial charge in [0.2, 0.25) is 5.91 Å². The molecule has 1 amide bonds. The van der Waals surface area contributed by atoms with Gasteiger partial charge in [0.25, 0.3) is 0 Å². The highest BCUT2D eigenvalue weighted by atomic mass is 35.5. The molecular formula is C18H24ClNOS. The van der Waals surface area contributed by atoms with Gasteiger partial charge in [0.15, 0.2) is 0 Å². The SMILES string of the molecule is C=C/C=C(\C=C/C)C1=CC(C(=O)N2CCCCCC2)C(Cl)S1. The highest BCUT2D eigenvalue weighted by molar-refractivity contribution is 8.05. The number of hydrogen-bond acceptors (Lipinski definition) is 2. The molecule has 2 unspecified atom stereocenters.